The van der Waals surface area contributed by atoms with E-state index in [2.05, 4.69) is 50.0 Å². The Hall–Kier alpha value is -1.08. The van der Waals surface area contributed by atoms with Crippen LogP contribution in [0.5, 0.6) is 0 Å². The van der Waals surface area contributed by atoms with Crippen LogP contribution >= 0.6 is 0 Å². The Balaban J connectivity index is 3.10. The van der Waals surface area contributed by atoms with Crippen molar-refractivity contribution in [1.29, 1.82) is 0 Å². The summed E-state index contributed by atoms with van der Waals surface area (Å²) in [6, 6.07) is 0.297. The molecule has 1 heteroatoms. The molecule has 0 bridgehead atoms. The summed E-state index contributed by atoms with van der Waals surface area (Å²) in [7, 11) is 2.00. The molecule has 1 nitrogen and oxygen atoms in total. The Morgan fingerprint density at radius 3 is 2.80 bits per heavy atom. The van der Waals surface area contributed by atoms with Crippen LogP contribution in [0.4, 0.5) is 0 Å². The van der Waals surface area contributed by atoms with Crippen molar-refractivity contribution in [2.24, 2.45) is 0 Å². The quantitative estimate of drug-likeness (QED) is 0.678. The fourth-order valence-corrected chi connectivity index (χ4v) is 2.07. The van der Waals surface area contributed by atoms with Crippen LogP contribution < -0.4 is 5.32 Å². The second kappa shape index (κ2) is 5.72. The lowest BCUT2D eigenvalue weighted by molar-refractivity contribution is 0.696. The fraction of sp³-hybridized carbons (Fsp3) is 0.429. The van der Waals surface area contributed by atoms with Gasteiger partial charge in [-0.3, -0.25) is 0 Å². The minimum atomic E-state index is 0.297. The lowest BCUT2D eigenvalue weighted by Gasteiger charge is -2.22. The molecule has 0 saturated heterocycles. The van der Waals surface area contributed by atoms with Crippen molar-refractivity contribution in [2.75, 3.05) is 7.05 Å². The summed E-state index contributed by atoms with van der Waals surface area (Å²) in [5.74, 6) is 0. The summed E-state index contributed by atoms with van der Waals surface area (Å²) in [6.07, 6.45) is 10.6. The Morgan fingerprint density at radius 1 is 1.47 bits per heavy atom. The summed E-state index contributed by atoms with van der Waals surface area (Å²) in [6.45, 7) is 8.55. The summed E-state index contributed by atoms with van der Waals surface area (Å²) in [4.78, 5) is 0. The molecule has 0 spiro atoms. The summed E-state index contributed by atoms with van der Waals surface area (Å²) in [5.41, 5.74) is 4.07. The van der Waals surface area contributed by atoms with Gasteiger partial charge in [0.15, 0.2) is 0 Å². The van der Waals surface area contributed by atoms with E-state index >= 15 is 0 Å². The van der Waals surface area contributed by atoms with E-state index in [9.17, 15) is 0 Å². The van der Waals surface area contributed by atoms with Gasteiger partial charge in [-0.25, -0.2) is 0 Å². The standard InChI is InChI=1S/C14H21N/c1-5-13-11(2)9-7-6-8-10-12(3)14(13)15-4/h6-8,10,14-15H,3,5,9H2,1-2,4H3/b7-6-,10-8-,13-11-. The van der Waals surface area contributed by atoms with Gasteiger partial charge in [-0.05, 0) is 38.0 Å². The summed E-state index contributed by atoms with van der Waals surface area (Å²) >= 11 is 0. The van der Waals surface area contributed by atoms with Gasteiger partial charge in [0.1, 0.15) is 0 Å². The third kappa shape index (κ3) is 2.93. The van der Waals surface area contributed by atoms with Crippen LogP contribution in [0.1, 0.15) is 26.7 Å². The van der Waals surface area contributed by atoms with Crippen LogP contribution in [0, 0.1) is 0 Å². The van der Waals surface area contributed by atoms with Crippen LogP contribution in [0.3, 0.4) is 0 Å². The van der Waals surface area contributed by atoms with Gasteiger partial charge in [-0.2, -0.15) is 0 Å². The molecule has 0 heterocycles. The topological polar surface area (TPSA) is 12.0 Å². The van der Waals surface area contributed by atoms with E-state index in [1.165, 1.54) is 11.1 Å². The number of hydrogen-bond acceptors (Lipinski definition) is 1. The molecular weight excluding hydrogens is 182 g/mol. The maximum Gasteiger partial charge on any atom is 0.0530 e. The van der Waals surface area contributed by atoms with Gasteiger partial charge in [0, 0.05) is 0 Å². The average Bonchev–Trinajstić information content (AvgIpc) is 2.29. The van der Waals surface area contributed by atoms with E-state index in [4.69, 9.17) is 0 Å². The van der Waals surface area contributed by atoms with Crippen molar-refractivity contribution in [2.45, 2.75) is 32.7 Å². The summed E-state index contributed by atoms with van der Waals surface area (Å²) < 4.78 is 0. The molecule has 0 aromatic rings. The minimum Gasteiger partial charge on any atom is -0.310 e. The van der Waals surface area contributed by atoms with Crippen LogP contribution in [-0.2, 0) is 0 Å². The van der Waals surface area contributed by atoms with Crippen LogP contribution in [0.2, 0.25) is 0 Å². The van der Waals surface area contributed by atoms with Gasteiger partial charge in [0.05, 0.1) is 6.04 Å². The van der Waals surface area contributed by atoms with Gasteiger partial charge in [-0.15, -0.1) is 0 Å². The highest BCUT2D eigenvalue weighted by Gasteiger charge is 2.15. The summed E-state index contributed by atoms with van der Waals surface area (Å²) in [5, 5.41) is 3.34. The van der Waals surface area contributed by atoms with E-state index in [1.807, 2.05) is 7.05 Å². The Bertz CT molecular complexity index is 318. The van der Waals surface area contributed by atoms with E-state index < -0.39 is 0 Å². The molecule has 1 atom stereocenters. The monoisotopic (exact) mass is 203 g/mol. The van der Waals surface area contributed by atoms with Gasteiger partial charge in [0.25, 0.3) is 0 Å². The molecule has 0 aliphatic heterocycles. The zero-order chi connectivity index (χ0) is 11.3. The fourth-order valence-electron chi connectivity index (χ4n) is 2.07. The molecule has 1 aliphatic carbocycles. The first-order valence-corrected chi connectivity index (χ1v) is 5.58. The van der Waals surface area contributed by atoms with E-state index in [1.54, 1.807) is 0 Å². The largest absolute Gasteiger partial charge is 0.310 e. The van der Waals surface area contributed by atoms with Gasteiger partial charge >= 0.3 is 0 Å². The maximum atomic E-state index is 4.13. The second-order valence-electron chi connectivity index (χ2n) is 3.95. The van der Waals surface area contributed by atoms with Crippen molar-refractivity contribution < 1.29 is 0 Å². The first kappa shape index (κ1) is 12.0. The van der Waals surface area contributed by atoms with Crippen molar-refractivity contribution in [1.82, 2.24) is 5.32 Å². The normalized spacial score (nSPS) is 31.7. The first-order valence-electron chi connectivity index (χ1n) is 5.58. The minimum absolute atomic E-state index is 0.297. The molecule has 1 N–H and O–H groups in total. The SMILES string of the molecule is C=C1/C=C\C=C/C/C(C)=C(/CC)C1NC. The molecular formula is C14H21N. The Labute approximate surface area is 93.3 Å². The molecule has 0 saturated carbocycles. The van der Waals surface area contributed by atoms with E-state index in [0.717, 1.165) is 18.4 Å². The molecule has 0 radical (unpaired) electrons. The smallest absolute Gasteiger partial charge is 0.0530 e. The lowest BCUT2D eigenvalue weighted by Crippen LogP contribution is -2.29. The molecule has 0 amide bonds. The molecule has 0 aromatic heterocycles. The molecule has 1 rings (SSSR count). The van der Waals surface area contributed by atoms with Gasteiger partial charge < -0.3 is 5.32 Å². The maximum absolute atomic E-state index is 4.13. The zero-order valence-corrected chi connectivity index (χ0v) is 10.0. The predicted octanol–water partition coefficient (Wildman–Crippen LogP) is 3.37. The number of rotatable bonds is 2. The highest BCUT2D eigenvalue weighted by molar-refractivity contribution is 5.37. The molecule has 0 aromatic carbocycles. The van der Waals surface area contributed by atoms with Crippen molar-refractivity contribution >= 4 is 0 Å². The highest BCUT2D eigenvalue weighted by atomic mass is 14.9. The molecule has 1 unspecified atom stereocenters. The van der Waals surface area contributed by atoms with Crippen molar-refractivity contribution in [3.63, 3.8) is 0 Å². The highest BCUT2D eigenvalue weighted by Crippen LogP contribution is 2.22. The first-order chi connectivity index (χ1) is 7.20. The molecule has 1 aliphatic rings. The van der Waals surface area contributed by atoms with E-state index in [0.29, 0.717) is 6.04 Å². The number of allylic oxidation sites excluding steroid dienone is 4. The van der Waals surface area contributed by atoms with Crippen LogP contribution in [0.15, 0.2) is 47.6 Å². The molecule has 15 heavy (non-hydrogen) atoms. The van der Waals surface area contributed by atoms with Gasteiger partial charge in [-0.1, -0.05) is 43.4 Å². The lowest BCUT2D eigenvalue weighted by atomic mass is 9.93. The van der Waals surface area contributed by atoms with Crippen LogP contribution in [-0.4, -0.2) is 13.1 Å². The zero-order valence-electron chi connectivity index (χ0n) is 10.0. The third-order valence-electron chi connectivity index (χ3n) is 2.92. The van der Waals surface area contributed by atoms with E-state index in [-0.39, 0.29) is 0 Å². The molecule has 0 fully saturated rings. The Morgan fingerprint density at radius 2 is 2.20 bits per heavy atom. The van der Waals surface area contributed by atoms with Gasteiger partial charge in [0.2, 0.25) is 0 Å². The number of hydrogen-bond donors (Lipinski definition) is 1. The predicted molar refractivity (Wildman–Crippen MR) is 67.9 cm³/mol. The third-order valence-corrected chi connectivity index (χ3v) is 2.92. The second-order valence-corrected chi connectivity index (χ2v) is 3.95. The number of nitrogens with one attached hydrogen (secondary N) is 1. The van der Waals surface area contributed by atoms with Crippen molar-refractivity contribution in [3.05, 3.63) is 47.6 Å². The number of likely N-dealkylation sites (N-methyl/N-ethyl adjacent to an activating group) is 1. The molecule has 82 valence electrons. The van der Waals surface area contributed by atoms with Crippen molar-refractivity contribution in [3.8, 4) is 0 Å². The Kier molecular flexibility index (Phi) is 4.57. The van der Waals surface area contributed by atoms with Crippen LogP contribution in [0.25, 0.3) is 0 Å². The average molecular weight is 203 g/mol.